The predicted molar refractivity (Wildman–Crippen MR) is 176 cm³/mol. The first kappa shape index (κ1) is 34.7. The fraction of sp³-hybridized carbons (Fsp3) is 0.371. The van der Waals surface area contributed by atoms with E-state index in [1.54, 1.807) is 24.1 Å². The molecule has 0 saturated carbocycles. The summed E-state index contributed by atoms with van der Waals surface area (Å²) in [6.07, 6.45) is 6.96. The molecule has 0 spiro atoms. The second kappa shape index (κ2) is 18.8. The molecular formula is C35H47FN3O2P. The number of halogens is 1. The van der Waals surface area contributed by atoms with Crippen molar-refractivity contribution in [1.29, 1.82) is 0 Å². The summed E-state index contributed by atoms with van der Waals surface area (Å²) in [4.78, 5) is 28.2. The van der Waals surface area contributed by atoms with Crippen molar-refractivity contribution in [1.82, 2.24) is 14.7 Å². The molecule has 0 aliphatic carbocycles. The van der Waals surface area contributed by atoms with Crippen LogP contribution in [-0.4, -0.2) is 67.3 Å². The number of carbonyl (C=O) groups is 2. The van der Waals surface area contributed by atoms with Gasteiger partial charge in [-0.15, -0.1) is 9.24 Å². The van der Waals surface area contributed by atoms with Gasteiger partial charge < -0.3 is 14.7 Å². The lowest BCUT2D eigenvalue weighted by atomic mass is 9.75. The molecule has 1 unspecified atom stereocenters. The van der Waals surface area contributed by atoms with Gasteiger partial charge in [0.05, 0.1) is 0 Å². The minimum Gasteiger partial charge on any atom is -0.379 e. The van der Waals surface area contributed by atoms with Crippen LogP contribution in [0.4, 0.5) is 4.39 Å². The van der Waals surface area contributed by atoms with Gasteiger partial charge in [-0.3, -0.25) is 9.59 Å². The van der Waals surface area contributed by atoms with E-state index in [0.29, 0.717) is 5.56 Å². The van der Waals surface area contributed by atoms with E-state index < -0.39 is 0 Å². The molecule has 1 fully saturated rings. The second-order valence-corrected chi connectivity index (χ2v) is 11.4. The normalized spacial score (nSPS) is 13.7. The molecule has 1 saturated heterocycles. The zero-order chi connectivity index (χ0) is 30.8. The van der Waals surface area contributed by atoms with E-state index in [1.807, 2.05) is 41.0 Å². The molecule has 226 valence electrons. The third-order valence-electron chi connectivity index (χ3n) is 7.40. The summed E-state index contributed by atoms with van der Waals surface area (Å²) in [5.41, 5.74) is 3.57. The molecule has 4 rings (SSSR count). The molecule has 0 aromatic heterocycles. The van der Waals surface area contributed by atoms with Crippen molar-refractivity contribution < 1.29 is 14.0 Å². The van der Waals surface area contributed by atoms with Crippen molar-refractivity contribution in [2.24, 2.45) is 5.41 Å². The minimum absolute atomic E-state index is 0.00626. The molecule has 3 aromatic rings. The van der Waals surface area contributed by atoms with Gasteiger partial charge in [0, 0.05) is 45.8 Å². The number of nitrogens with zero attached hydrogens (tertiary/aromatic N) is 3. The standard InChI is InChI=1S/C20H22FNO.C8H10.C7H15N2OP/c1-20(15-16-5-3-2-4-6-16)11-13-22(14-12-20)19(23)17-7-9-18(21)10-8-17;1-2-8-6-4-3-5-7-8;1-8(5-6-11)3-4-9(2)7-10/h2-10H,11-15H2,1H3;3-7H,2H2,1H3;5-7H,3-4,11H2,1-2H3/b;;6-5-. The summed E-state index contributed by atoms with van der Waals surface area (Å²) in [7, 11) is 6.24. The van der Waals surface area contributed by atoms with Crippen molar-refractivity contribution in [2.75, 3.05) is 40.3 Å². The molecule has 0 N–H and O–H groups in total. The number of rotatable bonds is 9. The first-order valence-electron chi connectivity index (χ1n) is 14.6. The third kappa shape index (κ3) is 13.0. The molecule has 2 amide bonds. The van der Waals surface area contributed by atoms with E-state index >= 15 is 0 Å². The van der Waals surface area contributed by atoms with Gasteiger partial charge in [0.25, 0.3) is 5.91 Å². The van der Waals surface area contributed by atoms with Gasteiger partial charge in [0.15, 0.2) is 0 Å². The number of likely N-dealkylation sites (tertiary alicyclic amines) is 1. The van der Waals surface area contributed by atoms with Crippen LogP contribution in [0, 0.1) is 11.2 Å². The number of hydrogen-bond acceptors (Lipinski definition) is 3. The first-order valence-corrected chi connectivity index (χ1v) is 15.2. The van der Waals surface area contributed by atoms with Crippen LogP contribution in [0.3, 0.4) is 0 Å². The van der Waals surface area contributed by atoms with Crippen LogP contribution in [0.2, 0.25) is 0 Å². The highest BCUT2D eigenvalue weighted by Crippen LogP contribution is 2.35. The molecule has 0 bridgehead atoms. The lowest BCUT2D eigenvalue weighted by molar-refractivity contribution is -0.117. The largest absolute Gasteiger partial charge is 0.379 e. The fourth-order valence-electron chi connectivity index (χ4n) is 4.59. The van der Waals surface area contributed by atoms with E-state index in [-0.39, 0.29) is 17.1 Å². The Kier molecular flexibility index (Phi) is 15.6. The van der Waals surface area contributed by atoms with E-state index in [0.717, 1.165) is 58.3 Å². The predicted octanol–water partition coefficient (Wildman–Crippen LogP) is 6.91. The number of piperidine rings is 1. The summed E-state index contributed by atoms with van der Waals surface area (Å²) in [6, 6.07) is 26.8. The lowest BCUT2D eigenvalue weighted by Gasteiger charge is -2.39. The molecular weight excluding hydrogens is 544 g/mol. The molecule has 1 atom stereocenters. The Bertz CT molecular complexity index is 1200. The molecule has 1 aliphatic heterocycles. The van der Waals surface area contributed by atoms with Crippen LogP contribution >= 0.6 is 9.24 Å². The van der Waals surface area contributed by atoms with Crippen molar-refractivity contribution in [2.45, 2.75) is 39.5 Å². The van der Waals surface area contributed by atoms with Gasteiger partial charge in [-0.1, -0.05) is 80.3 Å². The van der Waals surface area contributed by atoms with Crippen LogP contribution in [-0.2, 0) is 17.6 Å². The number of benzene rings is 3. The van der Waals surface area contributed by atoms with Crippen LogP contribution in [0.1, 0.15) is 48.2 Å². The monoisotopic (exact) mass is 591 g/mol. The van der Waals surface area contributed by atoms with Gasteiger partial charge in [0.1, 0.15) is 5.82 Å². The molecule has 0 radical (unpaired) electrons. The SMILES string of the molecule is CC1(Cc2ccccc2)CCN(C(=O)c2ccc(F)cc2)CC1.CCc1ccccc1.CN(C=O)CCN(C)/C=C\P. The van der Waals surface area contributed by atoms with E-state index in [9.17, 15) is 14.0 Å². The van der Waals surface area contributed by atoms with E-state index in [1.165, 1.54) is 23.3 Å². The summed E-state index contributed by atoms with van der Waals surface area (Å²) in [5.74, 6) is 1.59. The van der Waals surface area contributed by atoms with Gasteiger partial charge in [-0.2, -0.15) is 0 Å². The van der Waals surface area contributed by atoms with Gasteiger partial charge in [-0.25, -0.2) is 4.39 Å². The average molecular weight is 592 g/mol. The van der Waals surface area contributed by atoms with Crippen molar-refractivity contribution in [3.05, 3.63) is 119 Å². The Hall–Kier alpha value is -3.50. The number of hydrogen-bond donors (Lipinski definition) is 0. The summed E-state index contributed by atoms with van der Waals surface area (Å²) >= 11 is 0. The first-order chi connectivity index (χ1) is 20.2. The van der Waals surface area contributed by atoms with Gasteiger partial charge in [-0.05, 0) is 72.7 Å². The number of carbonyl (C=O) groups excluding carboxylic acids is 2. The average Bonchev–Trinajstić information content (AvgIpc) is 3.02. The lowest BCUT2D eigenvalue weighted by Crippen LogP contribution is -2.42. The summed E-state index contributed by atoms with van der Waals surface area (Å²) in [5, 5.41) is 0. The van der Waals surface area contributed by atoms with Crippen LogP contribution in [0.25, 0.3) is 0 Å². The number of likely N-dealkylation sites (N-methyl/N-ethyl adjacent to an activating group) is 2. The fourth-order valence-corrected chi connectivity index (χ4v) is 4.89. The van der Waals surface area contributed by atoms with Crippen molar-refractivity contribution in [3.8, 4) is 0 Å². The summed E-state index contributed by atoms with van der Waals surface area (Å²) < 4.78 is 13.0. The molecule has 42 heavy (non-hydrogen) atoms. The topological polar surface area (TPSA) is 43.9 Å². The maximum absolute atomic E-state index is 13.0. The zero-order valence-electron chi connectivity index (χ0n) is 25.6. The van der Waals surface area contributed by atoms with Gasteiger partial charge in [0.2, 0.25) is 6.41 Å². The Morgan fingerprint density at radius 3 is 1.88 bits per heavy atom. The Morgan fingerprint density at radius 1 is 0.881 bits per heavy atom. The highest BCUT2D eigenvalue weighted by atomic mass is 31.0. The van der Waals surface area contributed by atoms with E-state index in [4.69, 9.17) is 0 Å². The van der Waals surface area contributed by atoms with Crippen LogP contribution in [0.15, 0.2) is 96.9 Å². The Labute approximate surface area is 254 Å². The number of amides is 2. The highest BCUT2D eigenvalue weighted by Gasteiger charge is 2.32. The molecule has 3 aromatic carbocycles. The maximum atomic E-state index is 13.0. The second-order valence-electron chi connectivity index (χ2n) is 11.0. The number of aryl methyl sites for hydroxylation is 1. The summed E-state index contributed by atoms with van der Waals surface area (Å²) in [6.45, 7) is 7.61. The molecule has 7 heteroatoms. The van der Waals surface area contributed by atoms with Crippen molar-refractivity contribution in [3.63, 3.8) is 0 Å². The van der Waals surface area contributed by atoms with E-state index in [2.05, 4.69) is 71.6 Å². The highest BCUT2D eigenvalue weighted by molar-refractivity contribution is 7.20. The maximum Gasteiger partial charge on any atom is 0.253 e. The van der Waals surface area contributed by atoms with Gasteiger partial charge >= 0.3 is 0 Å². The third-order valence-corrected chi connectivity index (χ3v) is 7.57. The zero-order valence-corrected chi connectivity index (χ0v) is 26.7. The quantitative estimate of drug-likeness (QED) is 0.201. The molecule has 1 heterocycles. The smallest absolute Gasteiger partial charge is 0.253 e. The molecule has 5 nitrogen and oxygen atoms in total. The Morgan fingerprint density at radius 2 is 1.40 bits per heavy atom. The van der Waals surface area contributed by atoms with Crippen LogP contribution in [0.5, 0.6) is 0 Å². The van der Waals surface area contributed by atoms with Crippen LogP contribution < -0.4 is 0 Å². The minimum atomic E-state index is -0.310. The molecule has 1 aliphatic rings. The Balaban J connectivity index is 0.000000269. The van der Waals surface area contributed by atoms with Crippen molar-refractivity contribution >= 4 is 21.6 Å².